The number of amides is 2. The van der Waals surface area contributed by atoms with Crippen molar-refractivity contribution in [1.29, 1.82) is 0 Å². The summed E-state index contributed by atoms with van der Waals surface area (Å²) in [5, 5.41) is 2.92. The van der Waals surface area contributed by atoms with Gasteiger partial charge in [-0.2, -0.15) is 0 Å². The summed E-state index contributed by atoms with van der Waals surface area (Å²) in [6.45, 7) is 1.56. The van der Waals surface area contributed by atoms with Crippen LogP contribution in [0.3, 0.4) is 0 Å². The molecular weight excluding hydrogens is 360 g/mol. The van der Waals surface area contributed by atoms with Crippen LogP contribution in [0.5, 0.6) is 0 Å². The Morgan fingerprint density at radius 3 is 2.03 bits per heavy atom. The predicted octanol–water partition coefficient (Wildman–Crippen LogP) is 5.23. The van der Waals surface area contributed by atoms with E-state index in [4.69, 9.17) is 0 Å². The summed E-state index contributed by atoms with van der Waals surface area (Å²) in [4.78, 5) is 27.6. The van der Waals surface area contributed by atoms with Gasteiger partial charge in [0.15, 0.2) is 0 Å². The number of hydrogen-bond donors (Lipinski definition) is 1. The Bertz CT molecular complexity index is 991. The van der Waals surface area contributed by atoms with Gasteiger partial charge in [-0.25, -0.2) is 0 Å². The van der Waals surface area contributed by atoms with Gasteiger partial charge in [0, 0.05) is 18.7 Å². The summed E-state index contributed by atoms with van der Waals surface area (Å²) in [5.74, 6) is -0.233. The average molecular weight is 384 g/mol. The number of piperidine rings is 1. The lowest BCUT2D eigenvalue weighted by Gasteiger charge is -2.27. The second-order valence-electron chi connectivity index (χ2n) is 7.30. The van der Waals surface area contributed by atoms with E-state index in [2.05, 4.69) is 5.32 Å². The first-order chi connectivity index (χ1) is 14.2. The van der Waals surface area contributed by atoms with E-state index in [1.807, 2.05) is 71.6 Å². The van der Waals surface area contributed by atoms with E-state index >= 15 is 0 Å². The fourth-order valence-corrected chi connectivity index (χ4v) is 3.69. The molecule has 0 bridgehead atoms. The van der Waals surface area contributed by atoms with E-state index < -0.39 is 0 Å². The van der Waals surface area contributed by atoms with Gasteiger partial charge in [-0.15, -0.1) is 0 Å². The van der Waals surface area contributed by atoms with Crippen molar-refractivity contribution in [3.8, 4) is 11.1 Å². The zero-order valence-corrected chi connectivity index (χ0v) is 16.3. The second kappa shape index (κ2) is 8.74. The Morgan fingerprint density at radius 2 is 1.31 bits per heavy atom. The standard InChI is InChI=1S/C25H24N2O2/c28-24(21-15-13-20(14-16-21)19-9-3-1-4-10-19)26-23-12-6-5-11-22(23)25(29)27-17-7-2-8-18-27/h1,3-6,9-16H,2,7-8,17-18H2,(H,26,28). The molecule has 0 unspecified atom stereocenters. The van der Waals surface area contributed by atoms with Crippen LogP contribution in [0.2, 0.25) is 0 Å². The molecule has 0 atom stereocenters. The van der Waals surface area contributed by atoms with Crippen LogP contribution in [0.25, 0.3) is 11.1 Å². The van der Waals surface area contributed by atoms with Crippen LogP contribution >= 0.6 is 0 Å². The van der Waals surface area contributed by atoms with E-state index in [-0.39, 0.29) is 11.8 Å². The first-order valence-electron chi connectivity index (χ1n) is 10.1. The molecule has 1 aliphatic rings. The molecule has 1 heterocycles. The summed E-state index contributed by atoms with van der Waals surface area (Å²) >= 11 is 0. The Labute approximate surface area is 171 Å². The molecule has 3 aromatic carbocycles. The fraction of sp³-hybridized carbons (Fsp3) is 0.200. The zero-order valence-electron chi connectivity index (χ0n) is 16.3. The van der Waals surface area contributed by atoms with Crippen molar-refractivity contribution >= 4 is 17.5 Å². The highest BCUT2D eigenvalue weighted by Gasteiger charge is 2.21. The Morgan fingerprint density at radius 1 is 0.690 bits per heavy atom. The van der Waals surface area contributed by atoms with Crippen LogP contribution < -0.4 is 5.32 Å². The highest BCUT2D eigenvalue weighted by molar-refractivity contribution is 6.09. The normalized spacial score (nSPS) is 13.7. The number of anilines is 1. The van der Waals surface area contributed by atoms with Crippen LogP contribution in [-0.2, 0) is 0 Å². The van der Waals surface area contributed by atoms with E-state index in [0.29, 0.717) is 16.8 Å². The van der Waals surface area contributed by atoms with Gasteiger partial charge in [0.05, 0.1) is 11.3 Å². The van der Waals surface area contributed by atoms with Crippen LogP contribution in [0, 0.1) is 0 Å². The van der Waals surface area contributed by atoms with Gasteiger partial charge in [-0.3, -0.25) is 9.59 Å². The minimum Gasteiger partial charge on any atom is -0.339 e. The molecule has 1 fully saturated rings. The van der Waals surface area contributed by atoms with Gasteiger partial charge in [-0.1, -0.05) is 54.6 Å². The summed E-state index contributed by atoms with van der Waals surface area (Å²) in [5.41, 5.74) is 3.83. The number of carbonyl (C=O) groups is 2. The van der Waals surface area contributed by atoms with Crippen molar-refractivity contribution in [2.24, 2.45) is 0 Å². The minimum atomic E-state index is -0.219. The molecule has 3 aromatic rings. The first kappa shape index (κ1) is 18.9. The zero-order chi connectivity index (χ0) is 20.1. The SMILES string of the molecule is O=C(Nc1ccccc1C(=O)N1CCCCC1)c1ccc(-c2ccccc2)cc1. The fourth-order valence-electron chi connectivity index (χ4n) is 3.69. The third-order valence-electron chi connectivity index (χ3n) is 5.30. The average Bonchev–Trinajstić information content (AvgIpc) is 2.80. The van der Waals surface area contributed by atoms with Crippen molar-refractivity contribution in [3.63, 3.8) is 0 Å². The van der Waals surface area contributed by atoms with Crippen molar-refractivity contribution in [2.75, 3.05) is 18.4 Å². The van der Waals surface area contributed by atoms with Crippen LogP contribution in [0.4, 0.5) is 5.69 Å². The van der Waals surface area contributed by atoms with E-state index in [9.17, 15) is 9.59 Å². The largest absolute Gasteiger partial charge is 0.339 e. The summed E-state index contributed by atoms with van der Waals surface area (Å²) < 4.78 is 0. The van der Waals surface area contributed by atoms with Gasteiger partial charge < -0.3 is 10.2 Å². The van der Waals surface area contributed by atoms with Crippen LogP contribution in [0.15, 0.2) is 78.9 Å². The monoisotopic (exact) mass is 384 g/mol. The highest BCUT2D eigenvalue weighted by Crippen LogP contribution is 2.22. The number of benzene rings is 3. The number of nitrogens with zero attached hydrogens (tertiary/aromatic N) is 1. The molecule has 1 N–H and O–H groups in total. The smallest absolute Gasteiger partial charge is 0.255 e. The molecule has 0 aromatic heterocycles. The van der Waals surface area contributed by atoms with Crippen LogP contribution in [-0.4, -0.2) is 29.8 Å². The maximum atomic E-state index is 12.9. The molecular formula is C25H24N2O2. The van der Waals surface area contributed by atoms with Gasteiger partial charge in [0.2, 0.25) is 0 Å². The Hall–Kier alpha value is -3.40. The molecule has 146 valence electrons. The van der Waals surface area contributed by atoms with E-state index in [1.165, 1.54) is 6.42 Å². The molecule has 29 heavy (non-hydrogen) atoms. The lowest BCUT2D eigenvalue weighted by Crippen LogP contribution is -2.36. The molecule has 4 heteroatoms. The summed E-state index contributed by atoms with van der Waals surface area (Å²) in [7, 11) is 0. The molecule has 4 nitrogen and oxygen atoms in total. The van der Waals surface area contributed by atoms with Crippen molar-refractivity contribution in [3.05, 3.63) is 90.0 Å². The molecule has 4 rings (SSSR count). The van der Waals surface area contributed by atoms with Crippen LogP contribution in [0.1, 0.15) is 40.0 Å². The third kappa shape index (κ3) is 4.37. The molecule has 0 radical (unpaired) electrons. The molecule has 2 amide bonds. The lowest BCUT2D eigenvalue weighted by molar-refractivity contribution is 0.0725. The van der Waals surface area contributed by atoms with Crippen molar-refractivity contribution in [1.82, 2.24) is 4.90 Å². The quantitative estimate of drug-likeness (QED) is 0.669. The van der Waals surface area contributed by atoms with Gasteiger partial charge >= 0.3 is 0 Å². The lowest BCUT2D eigenvalue weighted by atomic mass is 10.0. The summed E-state index contributed by atoms with van der Waals surface area (Å²) in [6, 6.07) is 24.8. The number of likely N-dealkylation sites (tertiary alicyclic amines) is 1. The second-order valence-corrected chi connectivity index (χ2v) is 7.30. The number of carbonyl (C=O) groups excluding carboxylic acids is 2. The van der Waals surface area contributed by atoms with E-state index in [0.717, 1.165) is 37.1 Å². The first-order valence-corrected chi connectivity index (χ1v) is 10.1. The molecule has 0 saturated carbocycles. The molecule has 0 spiro atoms. The Kier molecular flexibility index (Phi) is 5.71. The third-order valence-corrected chi connectivity index (χ3v) is 5.30. The number of nitrogens with one attached hydrogen (secondary N) is 1. The number of rotatable bonds is 4. The topological polar surface area (TPSA) is 49.4 Å². The predicted molar refractivity (Wildman–Crippen MR) is 116 cm³/mol. The molecule has 1 aliphatic heterocycles. The van der Waals surface area contributed by atoms with Gasteiger partial charge in [0.1, 0.15) is 0 Å². The highest BCUT2D eigenvalue weighted by atomic mass is 16.2. The molecule has 0 aliphatic carbocycles. The van der Waals surface area contributed by atoms with Gasteiger partial charge in [0.25, 0.3) is 11.8 Å². The maximum absolute atomic E-state index is 12.9. The van der Waals surface area contributed by atoms with E-state index in [1.54, 1.807) is 12.1 Å². The Balaban J connectivity index is 1.51. The van der Waals surface area contributed by atoms with Gasteiger partial charge in [-0.05, 0) is 54.7 Å². The van der Waals surface area contributed by atoms with Crippen molar-refractivity contribution in [2.45, 2.75) is 19.3 Å². The minimum absolute atomic E-state index is 0.0139. The van der Waals surface area contributed by atoms with Crippen molar-refractivity contribution < 1.29 is 9.59 Å². The number of hydrogen-bond acceptors (Lipinski definition) is 2. The molecule has 1 saturated heterocycles. The number of para-hydroxylation sites is 1. The maximum Gasteiger partial charge on any atom is 0.255 e. The summed E-state index contributed by atoms with van der Waals surface area (Å²) in [6.07, 6.45) is 3.24.